The van der Waals surface area contributed by atoms with E-state index < -0.39 is 22.5 Å². The van der Waals surface area contributed by atoms with E-state index in [0.717, 1.165) is 11.3 Å². The highest BCUT2D eigenvalue weighted by molar-refractivity contribution is 7.92. The number of Topliss-reactive ketones (excluding diaryl/α,β-unsaturated/α-hetero) is 1. The van der Waals surface area contributed by atoms with Crippen molar-refractivity contribution >= 4 is 33.1 Å². The fourth-order valence-corrected chi connectivity index (χ4v) is 3.54. The maximum Gasteiger partial charge on any atom is 0.273 e. The normalized spacial score (nSPS) is 11.0. The molecular formula is C14H13NO5S2. The van der Waals surface area contributed by atoms with Crippen LogP contribution in [0.25, 0.3) is 0 Å². The molecule has 1 amide bonds. The summed E-state index contributed by atoms with van der Waals surface area (Å²) in [5.41, 5.74) is 0.525. The Kier molecular flexibility index (Phi) is 4.94. The smallest absolute Gasteiger partial charge is 0.273 e. The standard InChI is InChI=1S/C14H13NO5S2/c1-10(16)11-4-6-12(7-5-11)20-9-13(17)15-22(18,19)14-3-2-8-21-14/h2-8H,9H2,1H3,(H,15,17). The highest BCUT2D eigenvalue weighted by Crippen LogP contribution is 2.15. The Balaban J connectivity index is 1.92. The Labute approximate surface area is 131 Å². The predicted molar refractivity (Wildman–Crippen MR) is 81.6 cm³/mol. The van der Waals surface area contributed by atoms with E-state index in [9.17, 15) is 18.0 Å². The quantitative estimate of drug-likeness (QED) is 0.811. The van der Waals surface area contributed by atoms with Crippen molar-refractivity contribution < 1.29 is 22.7 Å². The number of sulfonamides is 1. The van der Waals surface area contributed by atoms with Crippen LogP contribution in [0.5, 0.6) is 5.75 Å². The third-order valence-electron chi connectivity index (χ3n) is 2.64. The summed E-state index contributed by atoms with van der Waals surface area (Å²) < 4.78 is 30.8. The first-order valence-electron chi connectivity index (χ1n) is 6.21. The molecule has 0 saturated heterocycles. The predicted octanol–water partition coefficient (Wildman–Crippen LogP) is 1.83. The van der Waals surface area contributed by atoms with Gasteiger partial charge in [-0.3, -0.25) is 9.59 Å². The van der Waals surface area contributed by atoms with E-state index in [1.807, 2.05) is 4.72 Å². The van der Waals surface area contributed by atoms with Gasteiger partial charge in [-0.15, -0.1) is 11.3 Å². The Morgan fingerprint density at radius 1 is 1.18 bits per heavy atom. The number of hydrogen-bond acceptors (Lipinski definition) is 6. The lowest BCUT2D eigenvalue weighted by Gasteiger charge is -2.07. The first kappa shape index (κ1) is 16.2. The van der Waals surface area contributed by atoms with E-state index in [0.29, 0.717) is 11.3 Å². The molecule has 0 spiro atoms. The average Bonchev–Trinajstić information content (AvgIpc) is 3.00. The summed E-state index contributed by atoms with van der Waals surface area (Å²) in [4.78, 5) is 22.8. The number of ether oxygens (including phenoxy) is 1. The van der Waals surface area contributed by atoms with E-state index in [2.05, 4.69) is 0 Å². The summed E-state index contributed by atoms with van der Waals surface area (Å²) in [7, 11) is -3.84. The molecular weight excluding hydrogens is 326 g/mol. The van der Waals surface area contributed by atoms with Gasteiger partial charge in [0.05, 0.1) is 0 Å². The van der Waals surface area contributed by atoms with Crippen LogP contribution in [0.4, 0.5) is 0 Å². The second-order valence-electron chi connectivity index (χ2n) is 4.33. The third-order valence-corrected chi connectivity index (χ3v) is 5.41. The molecule has 0 unspecified atom stereocenters. The minimum Gasteiger partial charge on any atom is -0.484 e. The summed E-state index contributed by atoms with van der Waals surface area (Å²) in [5.74, 6) is -0.482. The van der Waals surface area contributed by atoms with Crippen LogP contribution >= 0.6 is 11.3 Å². The zero-order chi connectivity index (χ0) is 16.2. The molecule has 1 aromatic heterocycles. The van der Waals surface area contributed by atoms with Gasteiger partial charge < -0.3 is 4.74 Å². The van der Waals surface area contributed by atoms with Crippen molar-refractivity contribution in [3.05, 3.63) is 47.3 Å². The fraction of sp³-hybridized carbons (Fsp3) is 0.143. The lowest BCUT2D eigenvalue weighted by molar-refractivity contribution is -0.121. The van der Waals surface area contributed by atoms with E-state index >= 15 is 0 Å². The Hall–Kier alpha value is -2.19. The average molecular weight is 339 g/mol. The zero-order valence-corrected chi connectivity index (χ0v) is 13.2. The number of carbonyl (C=O) groups is 2. The van der Waals surface area contributed by atoms with Crippen molar-refractivity contribution in [2.24, 2.45) is 0 Å². The second kappa shape index (κ2) is 6.71. The topological polar surface area (TPSA) is 89.5 Å². The number of benzene rings is 1. The van der Waals surface area contributed by atoms with Crippen molar-refractivity contribution in [3.8, 4) is 5.75 Å². The van der Waals surface area contributed by atoms with Crippen LogP contribution in [0.15, 0.2) is 46.0 Å². The van der Waals surface area contributed by atoms with Crippen LogP contribution in [0.1, 0.15) is 17.3 Å². The Bertz CT molecular complexity index is 764. The van der Waals surface area contributed by atoms with Gasteiger partial charge >= 0.3 is 0 Å². The molecule has 0 bridgehead atoms. The van der Waals surface area contributed by atoms with Gasteiger partial charge in [0.15, 0.2) is 12.4 Å². The van der Waals surface area contributed by atoms with Gasteiger partial charge in [0.1, 0.15) is 9.96 Å². The van der Waals surface area contributed by atoms with Crippen molar-refractivity contribution in [2.45, 2.75) is 11.1 Å². The van der Waals surface area contributed by atoms with Gasteiger partial charge in [-0.2, -0.15) is 0 Å². The number of thiophene rings is 1. The largest absolute Gasteiger partial charge is 0.484 e. The SMILES string of the molecule is CC(=O)c1ccc(OCC(=O)NS(=O)(=O)c2cccs2)cc1. The molecule has 0 aliphatic heterocycles. The summed E-state index contributed by atoms with van der Waals surface area (Å²) in [5, 5.41) is 1.60. The van der Waals surface area contributed by atoms with Gasteiger partial charge in [-0.05, 0) is 42.6 Å². The molecule has 6 nitrogen and oxygen atoms in total. The summed E-state index contributed by atoms with van der Waals surface area (Å²) in [6.07, 6.45) is 0. The number of nitrogens with one attached hydrogen (secondary N) is 1. The summed E-state index contributed by atoms with van der Waals surface area (Å²) in [6.45, 7) is 1.00. The van der Waals surface area contributed by atoms with Gasteiger partial charge in [0.25, 0.3) is 15.9 Å². The molecule has 0 radical (unpaired) electrons. The zero-order valence-electron chi connectivity index (χ0n) is 11.6. The summed E-state index contributed by atoms with van der Waals surface area (Å²) in [6, 6.07) is 9.20. The van der Waals surface area contributed by atoms with E-state index in [1.165, 1.54) is 25.1 Å². The molecule has 116 valence electrons. The van der Waals surface area contributed by atoms with Crippen molar-refractivity contribution in [1.82, 2.24) is 4.72 Å². The number of ketones is 1. The number of rotatable bonds is 6. The maximum atomic E-state index is 11.8. The van der Waals surface area contributed by atoms with E-state index in [-0.39, 0.29) is 9.99 Å². The second-order valence-corrected chi connectivity index (χ2v) is 7.19. The van der Waals surface area contributed by atoms with Gasteiger partial charge in [-0.25, -0.2) is 13.1 Å². The molecule has 0 saturated carbocycles. The third kappa shape index (κ3) is 4.15. The van der Waals surface area contributed by atoms with E-state index in [1.54, 1.807) is 23.6 Å². The molecule has 8 heteroatoms. The van der Waals surface area contributed by atoms with Crippen LogP contribution in [-0.2, 0) is 14.8 Å². The Morgan fingerprint density at radius 3 is 2.41 bits per heavy atom. The molecule has 0 fully saturated rings. The fourth-order valence-electron chi connectivity index (χ4n) is 1.58. The van der Waals surface area contributed by atoms with Crippen molar-refractivity contribution in [1.29, 1.82) is 0 Å². The summed E-state index contributed by atoms with van der Waals surface area (Å²) >= 11 is 1.02. The monoisotopic (exact) mass is 339 g/mol. The molecule has 1 aromatic carbocycles. The first-order valence-corrected chi connectivity index (χ1v) is 8.58. The molecule has 0 atom stereocenters. The minimum atomic E-state index is -3.84. The highest BCUT2D eigenvalue weighted by atomic mass is 32.2. The highest BCUT2D eigenvalue weighted by Gasteiger charge is 2.18. The lowest BCUT2D eigenvalue weighted by atomic mass is 10.1. The number of hydrogen-bond donors (Lipinski definition) is 1. The van der Waals surface area contributed by atoms with Crippen molar-refractivity contribution in [3.63, 3.8) is 0 Å². The minimum absolute atomic E-state index is 0.0617. The lowest BCUT2D eigenvalue weighted by Crippen LogP contribution is -2.34. The number of carbonyl (C=O) groups excluding carboxylic acids is 2. The molecule has 2 aromatic rings. The maximum absolute atomic E-state index is 11.8. The molecule has 0 aliphatic rings. The van der Waals surface area contributed by atoms with E-state index in [4.69, 9.17) is 4.74 Å². The van der Waals surface area contributed by atoms with Gasteiger partial charge in [-0.1, -0.05) is 6.07 Å². The molecule has 1 heterocycles. The Morgan fingerprint density at radius 2 is 1.86 bits per heavy atom. The number of amides is 1. The van der Waals surface area contributed by atoms with Crippen LogP contribution in [-0.4, -0.2) is 26.7 Å². The van der Waals surface area contributed by atoms with Crippen LogP contribution in [0.3, 0.4) is 0 Å². The van der Waals surface area contributed by atoms with Gasteiger partial charge in [0, 0.05) is 5.56 Å². The van der Waals surface area contributed by atoms with Crippen LogP contribution in [0.2, 0.25) is 0 Å². The molecule has 1 N–H and O–H groups in total. The van der Waals surface area contributed by atoms with Crippen LogP contribution < -0.4 is 9.46 Å². The molecule has 0 aliphatic carbocycles. The van der Waals surface area contributed by atoms with Crippen LogP contribution in [0, 0.1) is 0 Å². The molecule has 2 rings (SSSR count). The first-order chi connectivity index (χ1) is 10.4. The van der Waals surface area contributed by atoms with Crippen molar-refractivity contribution in [2.75, 3.05) is 6.61 Å². The molecule has 22 heavy (non-hydrogen) atoms. The van der Waals surface area contributed by atoms with Gasteiger partial charge in [0.2, 0.25) is 0 Å².